The third-order valence-corrected chi connectivity index (χ3v) is 3.14. The lowest BCUT2D eigenvalue weighted by atomic mass is 10.1. The zero-order valence-corrected chi connectivity index (χ0v) is 10.1. The summed E-state index contributed by atoms with van der Waals surface area (Å²) in [6, 6.07) is 5.69. The second kappa shape index (κ2) is 4.34. The molecule has 1 aromatic carbocycles. The smallest absolute Gasteiger partial charge is 0.228 e. The first-order valence-corrected chi connectivity index (χ1v) is 5.65. The Morgan fingerprint density at radius 3 is 2.81 bits per heavy atom. The van der Waals surface area contributed by atoms with Gasteiger partial charge in [-0.15, -0.1) is 11.6 Å². The molecule has 86 valence electrons. The molecule has 4 heteroatoms. The van der Waals surface area contributed by atoms with Crippen molar-refractivity contribution in [2.75, 3.05) is 18.6 Å². The lowest BCUT2D eigenvalue weighted by Gasteiger charge is -2.19. The molecule has 2 rings (SSSR count). The van der Waals surface area contributed by atoms with Crippen molar-refractivity contribution in [3.8, 4) is 5.75 Å². The lowest BCUT2D eigenvalue weighted by Crippen LogP contribution is -2.25. The first-order valence-electron chi connectivity index (χ1n) is 5.21. The van der Waals surface area contributed by atoms with E-state index in [1.54, 1.807) is 12.0 Å². The summed E-state index contributed by atoms with van der Waals surface area (Å²) in [6.45, 7) is 2.53. The Kier molecular flexibility index (Phi) is 3.06. The summed E-state index contributed by atoms with van der Waals surface area (Å²) in [7, 11) is 1.63. The molecular formula is C12H14ClNO2. The predicted molar refractivity (Wildman–Crippen MR) is 64.3 cm³/mol. The van der Waals surface area contributed by atoms with Crippen LogP contribution in [0.5, 0.6) is 5.75 Å². The van der Waals surface area contributed by atoms with Gasteiger partial charge in [-0.3, -0.25) is 4.79 Å². The van der Waals surface area contributed by atoms with Crippen LogP contribution in [0.4, 0.5) is 5.69 Å². The van der Waals surface area contributed by atoms with Crippen LogP contribution < -0.4 is 9.64 Å². The molecule has 0 spiro atoms. The zero-order chi connectivity index (χ0) is 11.7. The number of nitrogens with zero attached hydrogens (tertiary/aromatic N) is 1. The molecule has 0 radical (unpaired) electrons. The third-order valence-electron chi connectivity index (χ3n) is 2.84. The summed E-state index contributed by atoms with van der Waals surface area (Å²) in [5, 5.41) is -0.0851. The maximum atomic E-state index is 11.7. The van der Waals surface area contributed by atoms with Gasteiger partial charge in [0.25, 0.3) is 0 Å². The van der Waals surface area contributed by atoms with Crippen LogP contribution in [-0.2, 0) is 4.79 Å². The number of alkyl halides is 1. The summed E-state index contributed by atoms with van der Waals surface area (Å²) in [6.07, 6.45) is 0.415. The molecule has 0 saturated carbocycles. The van der Waals surface area contributed by atoms with Crippen LogP contribution in [0.1, 0.15) is 12.0 Å². The van der Waals surface area contributed by atoms with Crippen molar-refractivity contribution in [3.63, 3.8) is 0 Å². The largest absolute Gasteiger partial charge is 0.496 e. The molecular weight excluding hydrogens is 226 g/mol. The molecule has 1 atom stereocenters. The maximum Gasteiger partial charge on any atom is 0.228 e. The quantitative estimate of drug-likeness (QED) is 0.742. The van der Waals surface area contributed by atoms with Gasteiger partial charge >= 0.3 is 0 Å². The van der Waals surface area contributed by atoms with E-state index < -0.39 is 0 Å². The van der Waals surface area contributed by atoms with Gasteiger partial charge in [0.1, 0.15) is 5.75 Å². The Morgan fingerprint density at radius 1 is 1.50 bits per heavy atom. The van der Waals surface area contributed by atoms with Crippen molar-refractivity contribution in [2.24, 2.45) is 0 Å². The van der Waals surface area contributed by atoms with Gasteiger partial charge in [0.2, 0.25) is 5.91 Å². The van der Waals surface area contributed by atoms with Crippen LogP contribution >= 0.6 is 11.6 Å². The average Bonchev–Trinajstić information content (AvgIpc) is 2.58. The lowest BCUT2D eigenvalue weighted by molar-refractivity contribution is -0.117. The minimum absolute atomic E-state index is 0.0800. The highest BCUT2D eigenvalue weighted by Gasteiger charge is 2.30. The molecule has 16 heavy (non-hydrogen) atoms. The molecule has 0 bridgehead atoms. The molecule has 1 fully saturated rings. The van der Waals surface area contributed by atoms with Crippen molar-refractivity contribution in [1.29, 1.82) is 0 Å². The molecule has 1 amide bonds. The van der Waals surface area contributed by atoms with Gasteiger partial charge in [0, 0.05) is 18.5 Å². The van der Waals surface area contributed by atoms with Gasteiger partial charge < -0.3 is 9.64 Å². The predicted octanol–water partition coefficient (Wildman–Crippen LogP) is 2.35. The normalized spacial score (nSPS) is 20.3. The second-order valence-corrected chi connectivity index (χ2v) is 4.53. The number of carbonyl (C=O) groups is 1. The van der Waals surface area contributed by atoms with Crippen molar-refractivity contribution in [2.45, 2.75) is 18.7 Å². The summed E-state index contributed by atoms with van der Waals surface area (Å²) >= 11 is 5.98. The molecule has 1 aliphatic heterocycles. The number of hydrogen-bond acceptors (Lipinski definition) is 2. The first-order chi connectivity index (χ1) is 7.63. The van der Waals surface area contributed by atoms with E-state index in [2.05, 4.69) is 0 Å². The van der Waals surface area contributed by atoms with Crippen LogP contribution in [0.15, 0.2) is 18.2 Å². The summed E-state index contributed by atoms with van der Waals surface area (Å²) in [4.78, 5) is 13.5. The Morgan fingerprint density at radius 2 is 2.25 bits per heavy atom. The number of methoxy groups -OCH3 is 1. The van der Waals surface area contributed by atoms with Crippen LogP contribution in [0.25, 0.3) is 0 Å². The number of amides is 1. The molecule has 0 aliphatic carbocycles. The monoisotopic (exact) mass is 239 g/mol. The molecule has 1 unspecified atom stereocenters. The Balaban J connectivity index is 2.37. The second-order valence-electron chi connectivity index (χ2n) is 3.91. The van der Waals surface area contributed by atoms with Gasteiger partial charge in [0.15, 0.2) is 0 Å². The molecule has 3 nitrogen and oxygen atoms in total. The highest BCUT2D eigenvalue weighted by Crippen LogP contribution is 2.31. The Hall–Kier alpha value is -1.22. The van der Waals surface area contributed by atoms with Crippen molar-refractivity contribution in [1.82, 2.24) is 0 Å². The SMILES string of the molecule is COc1cccc(N2CC(Cl)CC2=O)c1C. The van der Waals surface area contributed by atoms with E-state index in [0.717, 1.165) is 17.0 Å². The number of anilines is 1. The summed E-state index contributed by atoms with van der Waals surface area (Å²) in [5.74, 6) is 0.875. The van der Waals surface area contributed by atoms with Crippen LogP contribution in [0.3, 0.4) is 0 Å². The fraction of sp³-hybridized carbons (Fsp3) is 0.417. The Labute approximate surface area is 100.0 Å². The zero-order valence-electron chi connectivity index (χ0n) is 9.37. The maximum absolute atomic E-state index is 11.7. The van der Waals surface area contributed by atoms with Crippen molar-refractivity contribution in [3.05, 3.63) is 23.8 Å². The Bertz CT molecular complexity index is 419. The topological polar surface area (TPSA) is 29.5 Å². The fourth-order valence-electron chi connectivity index (χ4n) is 2.01. The molecule has 1 aromatic rings. The van der Waals surface area contributed by atoms with Crippen molar-refractivity contribution >= 4 is 23.2 Å². The van der Waals surface area contributed by atoms with E-state index in [9.17, 15) is 4.79 Å². The molecule has 1 aliphatic rings. The number of rotatable bonds is 2. The van der Waals surface area contributed by atoms with E-state index in [4.69, 9.17) is 16.3 Å². The third kappa shape index (κ3) is 1.87. The number of ether oxygens (including phenoxy) is 1. The minimum atomic E-state index is -0.0851. The molecule has 0 N–H and O–H groups in total. The van der Waals surface area contributed by atoms with E-state index in [1.165, 1.54) is 0 Å². The first kappa shape index (κ1) is 11.3. The highest BCUT2D eigenvalue weighted by atomic mass is 35.5. The molecule has 1 heterocycles. The fourth-order valence-corrected chi connectivity index (χ4v) is 2.28. The van der Waals surface area contributed by atoms with Gasteiger partial charge in [-0.2, -0.15) is 0 Å². The van der Waals surface area contributed by atoms with Gasteiger partial charge in [-0.05, 0) is 19.1 Å². The minimum Gasteiger partial charge on any atom is -0.496 e. The highest BCUT2D eigenvalue weighted by molar-refractivity contribution is 6.24. The van der Waals surface area contributed by atoms with Gasteiger partial charge in [-0.25, -0.2) is 0 Å². The molecule has 1 saturated heterocycles. The van der Waals surface area contributed by atoms with Gasteiger partial charge in [-0.1, -0.05) is 6.07 Å². The van der Waals surface area contributed by atoms with Gasteiger partial charge in [0.05, 0.1) is 18.2 Å². The van der Waals surface area contributed by atoms with E-state index >= 15 is 0 Å². The van der Waals surface area contributed by atoms with Crippen molar-refractivity contribution < 1.29 is 9.53 Å². The number of benzene rings is 1. The number of halogens is 1. The van der Waals surface area contributed by atoms with Crippen LogP contribution in [-0.4, -0.2) is 24.9 Å². The molecule has 0 aromatic heterocycles. The van der Waals surface area contributed by atoms with E-state index in [0.29, 0.717) is 13.0 Å². The van der Waals surface area contributed by atoms with E-state index in [-0.39, 0.29) is 11.3 Å². The average molecular weight is 240 g/mol. The summed E-state index contributed by atoms with van der Waals surface area (Å²) < 4.78 is 5.24. The standard InChI is InChI=1S/C12H14ClNO2/c1-8-10(4-3-5-11(8)16-2)14-7-9(13)6-12(14)15/h3-5,9H,6-7H2,1-2H3. The van der Waals surface area contributed by atoms with E-state index in [1.807, 2.05) is 25.1 Å². The summed E-state index contributed by atoms with van der Waals surface area (Å²) in [5.41, 5.74) is 1.87. The van der Waals surface area contributed by atoms with Crippen LogP contribution in [0.2, 0.25) is 0 Å². The number of carbonyl (C=O) groups excluding carboxylic acids is 1. The number of hydrogen-bond donors (Lipinski definition) is 0. The van der Waals surface area contributed by atoms with Crippen LogP contribution in [0, 0.1) is 6.92 Å².